The van der Waals surface area contributed by atoms with Crippen molar-refractivity contribution in [3.63, 3.8) is 0 Å². The molecule has 6 heteroatoms. The van der Waals surface area contributed by atoms with E-state index in [-0.39, 0.29) is 30.4 Å². The number of methoxy groups -OCH3 is 1. The third-order valence-electron chi connectivity index (χ3n) is 3.35. The van der Waals surface area contributed by atoms with Crippen molar-refractivity contribution in [1.82, 2.24) is 10.6 Å². The van der Waals surface area contributed by atoms with Crippen LogP contribution in [0, 0.1) is 5.92 Å². The molecule has 104 valence electrons. The molecule has 3 unspecified atom stereocenters. The highest BCUT2D eigenvalue weighted by molar-refractivity contribution is 5.82. The first-order valence-corrected chi connectivity index (χ1v) is 6.32. The minimum Gasteiger partial charge on any atom is -0.481 e. The minimum atomic E-state index is -0.825. The van der Waals surface area contributed by atoms with E-state index in [0.717, 1.165) is 6.42 Å². The number of amides is 1. The summed E-state index contributed by atoms with van der Waals surface area (Å²) in [5.41, 5.74) is 0. The standard InChI is InChI=1S/C12H22N2O4/c1-3-8(4-11(15)16)6-14-12(17)10-5-9(18-2)7-13-10/h8-10,13H,3-7H2,1-2H3,(H,14,17)(H,15,16). The first-order valence-electron chi connectivity index (χ1n) is 6.32. The largest absolute Gasteiger partial charge is 0.481 e. The van der Waals surface area contributed by atoms with Gasteiger partial charge >= 0.3 is 5.97 Å². The van der Waals surface area contributed by atoms with E-state index in [9.17, 15) is 9.59 Å². The maximum Gasteiger partial charge on any atom is 0.303 e. The summed E-state index contributed by atoms with van der Waals surface area (Å²) >= 11 is 0. The number of carbonyl (C=O) groups is 2. The Hall–Kier alpha value is -1.14. The van der Waals surface area contributed by atoms with Gasteiger partial charge in [-0.15, -0.1) is 0 Å². The lowest BCUT2D eigenvalue weighted by Crippen LogP contribution is -2.42. The van der Waals surface area contributed by atoms with Crippen molar-refractivity contribution >= 4 is 11.9 Å². The van der Waals surface area contributed by atoms with Gasteiger partial charge in [0.1, 0.15) is 0 Å². The molecule has 18 heavy (non-hydrogen) atoms. The first-order chi connectivity index (χ1) is 8.56. The van der Waals surface area contributed by atoms with Gasteiger partial charge in [-0.2, -0.15) is 0 Å². The van der Waals surface area contributed by atoms with Crippen molar-refractivity contribution in [2.24, 2.45) is 5.92 Å². The molecule has 3 N–H and O–H groups in total. The number of ether oxygens (including phenoxy) is 1. The van der Waals surface area contributed by atoms with Gasteiger partial charge in [0.15, 0.2) is 0 Å². The smallest absolute Gasteiger partial charge is 0.303 e. The third-order valence-corrected chi connectivity index (χ3v) is 3.35. The molecule has 1 fully saturated rings. The lowest BCUT2D eigenvalue weighted by molar-refractivity contribution is -0.138. The van der Waals surface area contributed by atoms with Gasteiger partial charge in [0.05, 0.1) is 12.1 Å². The Bertz CT molecular complexity index is 296. The highest BCUT2D eigenvalue weighted by Crippen LogP contribution is 2.11. The highest BCUT2D eigenvalue weighted by Gasteiger charge is 2.29. The Morgan fingerprint density at radius 1 is 1.56 bits per heavy atom. The Labute approximate surface area is 107 Å². The fourth-order valence-electron chi connectivity index (χ4n) is 2.06. The topological polar surface area (TPSA) is 87.7 Å². The van der Waals surface area contributed by atoms with Crippen LogP contribution in [0.5, 0.6) is 0 Å². The molecular weight excluding hydrogens is 236 g/mol. The summed E-state index contributed by atoms with van der Waals surface area (Å²) in [6, 6.07) is -0.225. The number of carbonyl (C=O) groups excluding carboxylic acids is 1. The van der Waals surface area contributed by atoms with Gasteiger partial charge in [0, 0.05) is 26.6 Å². The zero-order valence-corrected chi connectivity index (χ0v) is 10.9. The van der Waals surface area contributed by atoms with Crippen LogP contribution in [0.2, 0.25) is 0 Å². The lowest BCUT2D eigenvalue weighted by Gasteiger charge is -2.16. The van der Waals surface area contributed by atoms with Crippen molar-refractivity contribution in [2.75, 3.05) is 20.2 Å². The second-order valence-electron chi connectivity index (χ2n) is 4.67. The van der Waals surface area contributed by atoms with Crippen molar-refractivity contribution in [1.29, 1.82) is 0 Å². The molecule has 0 aliphatic carbocycles. The van der Waals surface area contributed by atoms with Crippen LogP contribution in [-0.4, -0.2) is 49.3 Å². The Kier molecular flexibility index (Phi) is 6.07. The van der Waals surface area contributed by atoms with Gasteiger partial charge in [-0.3, -0.25) is 9.59 Å². The lowest BCUT2D eigenvalue weighted by atomic mass is 10.0. The van der Waals surface area contributed by atoms with E-state index in [0.29, 0.717) is 19.5 Å². The van der Waals surface area contributed by atoms with E-state index < -0.39 is 5.97 Å². The fourth-order valence-corrected chi connectivity index (χ4v) is 2.06. The summed E-state index contributed by atoms with van der Waals surface area (Å²) in [6.45, 7) is 3.02. The molecule has 3 atom stereocenters. The Morgan fingerprint density at radius 2 is 2.28 bits per heavy atom. The SMILES string of the molecule is CCC(CNC(=O)C1CC(OC)CN1)CC(=O)O. The van der Waals surface area contributed by atoms with Crippen molar-refractivity contribution < 1.29 is 19.4 Å². The summed E-state index contributed by atoms with van der Waals surface area (Å²) in [6.07, 6.45) is 1.58. The normalized spacial score (nSPS) is 24.8. The van der Waals surface area contributed by atoms with Gasteiger partial charge < -0.3 is 20.5 Å². The maximum atomic E-state index is 11.8. The molecule has 1 aliphatic heterocycles. The van der Waals surface area contributed by atoms with Crippen LogP contribution >= 0.6 is 0 Å². The predicted octanol–water partition coefficient (Wildman–Crippen LogP) is -0.0196. The molecule has 1 aliphatic rings. The fraction of sp³-hybridized carbons (Fsp3) is 0.833. The number of carboxylic acids is 1. The number of rotatable bonds is 7. The van der Waals surface area contributed by atoms with Crippen molar-refractivity contribution in [3.8, 4) is 0 Å². The molecule has 0 aromatic rings. The summed E-state index contributed by atoms with van der Waals surface area (Å²) in [4.78, 5) is 22.4. The van der Waals surface area contributed by atoms with Gasteiger partial charge in [0.2, 0.25) is 5.91 Å². The molecule has 0 saturated carbocycles. The maximum absolute atomic E-state index is 11.8. The predicted molar refractivity (Wildman–Crippen MR) is 66.2 cm³/mol. The van der Waals surface area contributed by atoms with Crippen LogP contribution < -0.4 is 10.6 Å². The summed E-state index contributed by atoms with van der Waals surface area (Å²) in [7, 11) is 1.63. The molecular formula is C12H22N2O4. The van der Waals surface area contributed by atoms with Crippen LogP contribution in [0.15, 0.2) is 0 Å². The first kappa shape index (κ1) is 14.9. The zero-order valence-electron chi connectivity index (χ0n) is 10.9. The Balaban J connectivity index is 2.29. The highest BCUT2D eigenvalue weighted by atomic mass is 16.5. The van der Waals surface area contributed by atoms with E-state index in [4.69, 9.17) is 9.84 Å². The molecule has 1 rings (SSSR count). The van der Waals surface area contributed by atoms with Crippen molar-refractivity contribution in [3.05, 3.63) is 0 Å². The average Bonchev–Trinajstić information content (AvgIpc) is 2.82. The number of hydrogen-bond acceptors (Lipinski definition) is 4. The van der Waals surface area contributed by atoms with E-state index in [1.54, 1.807) is 7.11 Å². The second-order valence-corrected chi connectivity index (χ2v) is 4.67. The van der Waals surface area contributed by atoms with E-state index in [1.807, 2.05) is 6.92 Å². The van der Waals surface area contributed by atoms with Gasteiger partial charge in [-0.05, 0) is 12.3 Å². The molecule has 0 aromatic heterocycles. The summed E-state index contributed by atoms with van der Waals surface area (Å²) < 4.78 is 5.17. The number of hydrogen-bond donors (Lipinski definition) is 3. The summed E-state index contributed by atoms with van der Waals surface area (Å²) in [5.74, 6) is -0.904. The van der Waals surface area contributed by atoms with E-state index in [2.05, 4.69) is 10.6 Å². The van der Waals surface area contributed by atoms with Crippen LogP contribution in [-0.2, 0) is 14.3 Å². The molecule has 1 amide bonds. The molecule has 1 saturated heterocycles. The quantitative estimate of drug-likeness (QED) is 0.597. The van der Waals surface area contributed by atoms with Crippen LogP contribution in [0.3, 0.4) is 0 Å². The zero-order chi connectivity index (χ0) is 13.5. The Morgan fingerprint density at radius 3 is 2.78 bits per heavy atom. The minimum absolute atomic E-state index is 0.00826. The average molecular weight is 258 g/mol. The summed E-state index contributed by atoms with van der Waals surface area (Å²) in [5, 5.41) is 14.6. The second kappa shape index (κ2) is 7.33. The van der Waals surface area contributed by atoms with E-state index >= 15 is 0 Å². The molecule has 6 nitrogen and oxygen atoms in total. The molecule has 0 aromatic carbocycles. The number of carboxylic acid groups (broad SMARTS) is 1. The van der Waals surface area contributed by atoms with Gasteiger partial charge in [0.25, 0.3) is 0 Å². The molecule has 0 bridgehead atoms. The van der Waals surface area contributed by atoms with Crippen LogP contribution in [0.4, 0.5) is 0 Å². The van der Waals surface area contributed by atoms with Crippen molar-refractivity contribution in [2.45, 2.75) is 38.3 Å². The number of nitrogens with one attached hydrogen (secondary N) is 2. The van der Waals surface area contributed by atoms with Crippen LogP contribution in [0.1, 0.15) is 26.2 Å². The molecule has 0 radical (unpaired) electrons. The third kappa shape index (κ3) is 4.62. The van der Waals surface area contributed by atoms with E-state index in [1.165, 1.54) is 0 Å². The van der Waals surface area contributed by atoms with Crippen LogP contribution in [0.25, 0.3) is 0 Å². The molecule has 1 heterocycles. The number of aliphatic carboxylic acids is 1. The molecule has 0 spiro atoms. The monoisotopic (exact) mass is 258 g/mol. The van der Waals surface area contributed by atoms with Gasteiger partial charge in [-0.1, -0.05) is 13.3 Å². The van der Waals surface area contributed by atoms with Gasteiger partial charge in [-0.25, -0.2) is 0 Å².